The molecule has 2 N–H and O–H groups in total. The minimum Gasteiger partial charge on any atom is -0.396 e. The van der Waals surface area contributed by atoms with Gasteiger partial charge in [0, 0.05) is 18.2 Å². The normalized spacial score (nSPS) is 14.6. The van der Waals surface area contributed by atoms with Crippen molar-refractivity contribution >= 4 is 5.91 Å². The van der Waals surface area contributed by atoms with Gasteiger partial charge >= 0.3 is 0 Å². The maximum absolute atomic E-state index is 11.6. The molecular weight excluding hydrogens is 196 g/mol. The summed E-state index contributed by atoms with van der Waals surface area (Å²) in [5, 5.41) is 15.3. The first-order valence-corrected chi connectivity index (χ1v) is 4.95. The van der Waals surface area contributed by atoms with Gasteiger partial charge in [0.2, 0.25) is 0 Å². The number of hydrogen-bond acceptors (Lipinski definition) is 4. The summed E-state index contributed by atoms with van der Waals surface area (Å²) in [5.41, 5.74) is -0.141. The first-order valence-electron chi connectivity index (χ1n) is 4.95. The van der Waals surface area contributed by atoms with E-state index in [9.17, 15) is 4.79 Å². The zero-order valence-corrected chi connectivity index (χ0v) is 8.99. The molecule has 1 amide bonds. The number of nitrogens with zero attached hydrogens (tertiary/aromatic N) is 1. The molecule has 0 fully saturated rings. The van der Waals surface area contributed by atoms with E-state index >= 15 is 0 Å². The van der Waals surface area contributed by atoms with Gasteiger partial charge in [0.25, 0.3) is 5.91 Å². The van der Waals surface area contributed by atoms with Crippen LogP contribution in [0.1, 0.15) is 37.2 Å². The van der Waals surface area contributed by atoms with E-state index in [0.717, 1.165) is 6.42 Å². The zero-order valence-electron chi connectivity index (χ0n) is 8.99. The van der Waals surface area contributed by atoms with E-state index < -0.39 is 5.54 Å². The molecule has 84 valence electrons. The predicted octanol–water partition coefficient (Wildman–Crippen LogP) is 0.956. The van der Waals surface area contributed by atoms with Crippen molar-refractivity contribution in [1.82, 2.24) is 10.5 Å². The van der Waals surface area contributed by atoms with E-state index in [1.54, 1.807) is 0 Å². The molecular formula is C10H16N2O3. The minimum atomic E-state index is -0.398. The van der Waals surface area contributed by atoms with Gasteiger partial charge in [0.15, 0.2) is 5.69 Å². The number of aromatic nitrogens is 1. The van der Waals surface area contributed by atoms with Crippen LogP contribution in [0.2, 0.25) is 0 Å². The lowest BCUT2D eigenvalue weighted by atomic mass is 9.95. The Morgan fingerprint density at radius 1 is 1.73 bits per heavy atom. The third-order valence-corrected chi connectivity index (χ3v) is 2.53. The molecule has 1 aromatic heterocycles. The van der Waals surface area contributed by atoms with Crippen LogP contribution in [-0.4, -0.2) is 28.3 Å². The molecule has 5 nitrogen and oxygen atoms in total. The van der Waals surface area contributed by atoms with Crippen molar-refractivity contribution < 1.29 is 14.4 Å². The molecule has 1 atom stereocenters. The Bertz CT molecular complexity index is 310. The molecule has 0 aliphatic heterocycles. The molecule has 0 unspecified atom stereocenters. The van der Waals surface area contributed by atoms with Gasteiger partial charge in [-0.2, -0.15) is 0 Å². The minimum absolute atomic E-state index is 0.0451. The molecule has 1 heterocycles. The lowest BCUT2D eigenvalue weighted by Gasteiger charge is -2.28. The van der Waals surface area contributed by atoms with Crippen molar-refractivity contribution in [3.63, 3.8) is 0 Å². The van der Waals surface area contributed by atoms with Gasteiger partial charge in [-0.1, -0.05) is 12.1 Å². The molecule has 5 heteroatoms. The van der Waals surface area contributed by atoms with E-state index in [1.165, 1.54) is 12.3 Å². The summed E-state index contributed by atoms with van der Waals surface area (Å²) in [7, 11) is 0. The third-order valence-electron chi connectivity index (χ3n) is 2.53. The van der Waals surface area contributed by atoms with Gasteiger partial charge in [0.05, 0.1) is 0 Å². The second kappa shape index (κ2) is 4.93. The molecule has 0 aromatic carbocycles. The summed E-state index contributed by atoms with van der Waals surface area (Å²) in [6, 6.07) is 1.50. The molecule has 0 saturated carbocycles. The van der Waals surface area contributed by atoms with Crippen LogP contribution in [0.3, 0.4) is 0 Å². The maximum atomic E-state index is 11.6. The Morgan fingerprint density at radius 2 is 2.47 bits per heavy atom. The first-order chi connectivity index (χ1) is 7.11. The van der Waals surface area contributed by atoms with E-state index in [4.69, 9.17) is 5.11 Å². The quantitative estimate of drug-likeness (QED) is 0.762. The number of amides is 1. The highest BCUT2D eigenvalue weighted by molar-refractivity contribution is 5.92. The molecule has 0 aliphatic carbocycles. The van der Waals surface area contributed by atoms with Crippen LogP contribution < -0.4 is 5.32 Å². The van der Waals surface area contributed by atoms with Crippen LogP contribution in [0, 0.1) is 0 Å². The maximum Gasteiger partial charge on any atom is 0.273 e. The van der Waals surface area contributed by atoms with Gasteiger partial charge < -0.3 is 14.9 Å². The zero-order chi connectivity index (χ0) is 11.3. The summed E-state index contributed by atoms with van der Waals surface area (Å²) >= 11 is 0. The van der Waals surface area contributed by atoms with Crippen LogP contribution in [-0.2, 0) is 0 Å². The summed E-state index contributed by atoms with van der Waals surface area (Å²) in [6.07, 6.45) is 2.62. The highest BCUT2D eigenvalue weighted by atomic mass is 16.5. The van der Waals surface area contributed by atoms with Gasteiger partial charge in [0.1, 0.15) is 6.26 Å². The highest BCUT2D eigenvalue weighted by Gasteiger charge is 2.25. The number of nitrogens with one attached hydrogen (secondary N) is 1. The fourth-order valence-corrected chi connectivity index (χ4v) is 1.24. The lowest BCUT2D eigenvalue weighted by Crippen LogP contribution is -2.46. The van der Waals surface area contributed by atoms with Crippen molar-refractivity contribution in [2.45, 2.75) is 32.2 Å². The fourth-order valence-electron chi connectivity index (χ4n) is 1.24. The smallest absolute Gasteiger partial charge is 0.273 e. The van der Waals surface area contributed by atoms with Crippen molar-refractivity contribution in [2.24, 2.45) is 0 Å². The lowest BCUT2D eigenvalue weighted by molar-refractivity contribution is 0.0877. The van der Waals surface area contributed by atoms with Crippen molar-refractivity contribution in [2.75, 3.05) is 6.61 Å². The Morgan fingerprint density at radius 3 is 2.93 bits per heavy atom. The van der Waals surface area contributed by atoms with Crippen molar-refractivity contribution in [3.8, 4) is 0 Å². The molecule has 0 spiro atoms. The second-order valence-electron chi connectivity index (χ2n) is 3.73. The number of aliphatic hydroxyl groups is 1. The molecule has 0 saturated heterocycles. The largest absolute Gasteiger partial charge is 0.396 e. The molecule has 1 rings (SSSR count). The van der Waals surface area contributed by atoms with E-state index in [-0.39, 0.29) is 18.2 Å². The van der Waals surface area contributed by atoms with Crippen molar-refractivity contribution in [1.29, 1.82) is 0 Å². The van der Waals surface area contributed by atoms with Crippen LogP contribution >= 0.6 is 0 Å². The molecule has 0 radical (unpaired) electrons. The Labute approximate surface area is 88.5 Å². The Balaban J connectivity index is 2.63. The second-order valence-corrected chi connectivity index (χ2v) is 3.73. The van der Waals surface area contributed by atoms with Crippen LogP contribution in [0.4, 0.5) is 0 Å². The third kappa shape index (κ3) is 3.06. The van der Waals surface area contributed by atoms with E-state index in [0.29, 0.717) is 6.42 Å². The molecule has 15 heavy (non-hydrogen) atoms. The number of hydrogen-bond donors (Lipinski definition) is 2. The number of aliphatic hydroxyl groups excluding tert-OH is 1. The fraction of sp³-hybridized carbons (Fsp3) is 0.600. The molecule has 0 bridgehead atoms. The SMILES string of the molecule is CC[C@](C)(CCO)NC(=O)c1ccon1. The Kier molecular flexibility index (Phi) is 3.85. The van der Waals surface area contributed by atoms with Gasteiger partial charge in [-0.3, -0.25) is 4.79 Å². The molecule has 0 aliphatic rings. The standard InChI is InChI=1S/C10H16N2O3/c1-3-10(2,5-6-13)11-9(14)8-4-7-15-12-8/h4,7,13H,3,5-6H2,1-2H3,(H,11,14)/t10-/m1/s1. The van der Waals surface area contributed by atoms with Gasteiger partial charge in [-0.25, -0.2) is 0 Å². The van der Waals surface area contributed by atoms with Gasteiger partial charge in [-0.05, 0) is 19.8 Å². The van der Waals surface area contributed by atoms with Gasteiger partial charge in [-0.15, -0.1) is 0 Å². The average Bonchev–Trinajstić information content (AvgIpc) is 2.71. The summed E-state index contributed by atoms with van der Waals surface area (Å²) in [5.74, 6) is -0.276. The van der Waals surface area contributed by atoms with E-state index in [2.05, 4.69) is 15.0 Å². The number of carbonyl (C=O) groups is 1. The number of carbonyl (C=O) groups excluding carboxylic acids is 1. The summed E-state index contributed by atoms with van der Waals surface area (Å²) in [6.45, 7) is 3.89. The summed E-state index contributed by atoms with van der Waals surface area (Å²) < 4.78 is 4.58. The predicted molar refractivity (Wildman–Crippen MR) is 54.4 cm³/mol. The average molecular weight is 212 g/mol. The van der Waals surface area contributed by atoms with Crippen LogP contribution in [0.25, 0.3) is 0 Å². The topological polar surface area (TPSA) is 75.4 Å². The van der Waals surface area contributed by atoms with Crippen LogP contribution in [0.5, 0.6) is 0 Å². The highest BCUT2D eigenvalue weighted by Crippen LogP contribution is 2.14. The van der Waals surface area contributed by atoms with E-state index in [1.807, 2.05) is 13.8 Å². The van der Waals surface area contributed by atoms with Crippen molar-refractivity contribution in [3.05, 3.63) is 18.0 Å². The van der Waals surface area contributed by atoms with Crippen LogP contribution in [0.15, 0.2) is 16.9 Å². The monoisotopic (exact) mass is 212 g/mol. The first kappa shape index (κ1) is 11.7. The molecule has 1 aromatic rings. The number of rotatable bonds is 5. The Hall–Kier alpha value is -1.36. The summed E-state index contributed by atoms with van der Waals surface area (Å²) in [4.78, 5) is 11.6.